The van der Waals surface area contributed by atoms with Crippen LogP contribution in [0.15, 0.2) is 41.5 Å². The lowest BCUT2D eigenvalue weighted by Gasteiger charge is -2.38. The quantitative estimate of drug-likeness (QED) is 0.764. The maximum absolute atomic E-state index is 12.4. The minimum absolute atomic E-state index is 0.134. The summed E-state index contributed by atoms with van der Waals surface area (Å²) in [7, 11) is 0. The van der Waals surface area contributed by atoms with E-state index in [4.69, 9.17) is 0 Å². The zero-order chi connectivity index (χ0) is 18.3. The zero-order valence-electron chi connectivity index (χ0n) is 14.9. The number of anilines is 1. The summed E-state index contributed by atoms with van der Waals surface area (Å²) in [5, 5.41) is 19.5. The van der Waals surface area contributed by atoms with Gasteiger partial charge in [0.25, 0.3) is 5.56 Å². The Kier molecular flexibility index (Phi) is 3.99. The molecular weight excluding hydrogens is 332 g/mol. The van der Waals surface area contributed by atoms with Crippen molar-refractivity contribution < 1.29 is 5.11 Å². The van der Waals surface area contributed by atoms with Gasteiger partial charge >= 0.3 is 0 Å². The van der Waals surface area contributed by atoms with Crippen LogP contribution in [0.5, 0.6) is 0 Å². The summed E-state index contributed by atoms with van der Waals surface area (Å²) in [6, 6.07) is 7.15. The summed E-state index contributed by atoms with van der Waals surface area (Å²) in [6.45, 7) is 5.10. The van der Waals surface area contributed by atoms with Gasteiger partial charge in [0, 0.05) is 24.8 Å². The molecule has 1 fully saturated rings. The van der Waals surface area contributed by atoms with Gasteiger partial charge in [0.1, 0.15) is 22.8 Å². The van der Waals surface area contributed by atoms with Crippen LogP contribution in [0, 0.1) is 0 Å². The topological polar surface area (TPSA) is 88.5 Å². The number of β-amino-alcohol motifs (C(OH)–C–C–N with tert-alkyl or cyclic N) is 1. The summed E-state index contributed by atoms with van der Waals surface area (Å²) in [5.74, 6) is 0.579. The second-order valence-corrected chi connectivity index (χ2v) is 7.12. The Labute approximate surface area is 150 Å². The molecule has 0 unspecified atom stereocenters. The summed E-state index contributed by atoms with van der Waals surface area (Å²) < 4.78 is 3.25. The number of nitrogens with zero attached hydrogens (tertiary/aromatic N) is 6. The number of hydrogen-bond acceptors (Lipinski definition) is 6. The molecule has 3 aromatic rings. The Morgan fingerprint density at radius 1 is 1.31 bits per heavy atom. The fourth-order valence-corrected chi connectivity index (χ4v) is 3.39. The van der Waals surface area contributed by atoms with Crippen LogP contribution in [0.4, 0.5) is 5.82 Å². The molecule has 4 heterocycles. The van der Waals surface area contributed by atoms with Crippen LogP contribution in [0.1, 0.15) is 38.4 Å². The highest BCUT2D eigenvalue weighted by molar-refractivity contribution is 5.48. The van der Waals surface area contributed by atoms with E-state index in [9.17, 15) is 9.90 Å². The van der Waals surface area contributed by atoms with Crippen LogP contribution in [0.25, 0.3) is 5.65 Å². The second-order valence-electron chi connectivity index (χ2n) is 7.12. The largest absolute Gasteiger partial charge is 0.382 e. The maximum Gasteiger partial charge on any atom is 0.259 e. The third-order valence-electron chi connectivity index (χ3n) is 4.87. The first kappa shape index (κ1) is 16.7. The molecule has 1 aliphatic heterocycles. The van der Waals surface area contributed by atoms with E-state index in [0.717, 1.165) is 13.0 Å². The van der Waals surface area contributed by atoms with Crippen LogP contribution >= 0.6 is 0 Å². The predicted molar refractivity (Wildman–Crippen MR) is 97.2 cm³/mol. The molecule has 0 bridgehead atoms. The van der Waals surface area contributed by atoms with Gasteiger partial charge in [-0.1, -0.05) is 11.3 Å². The number of pyridine rings is 1. The minimum atomic E-state index is -1.10. The highest BCUT2D eigenvalue weighted by Crippen LogP contribution is 2.32. The fraction of sp³-hybridized carbons (Fsp3) is 0.444. The molecule has 0 saturated carbocycles. The molecule has 1 saturated heterocycles. The van der Waals surface area contributed by atoms with Crippen LogP contribution in [-0.2, 0) is 5.60 Å². The second kappa shape index (κ2) is 6.21. The van der Waals surface area contributed by atoms with E-state index in [0.29, 0.717) is 30.1 Å². The highest BCUT2D eigenvalue weighted by atomic mass is 16.3. The molecule has 3 aromatic heterocycles. The van der Waals surface area contributed by atoms with E-state index in [1.165, 1.54) is 10.5 Å². The van der Waals surface area contributed by atoms with Crippen LogP contribution in [0.3, 0.4) is 0 Å². The lowest BCUT2D eigenvalue weighted by Crippen LogP contribution is -2.47. The van der Waals surface area contributed by atoms with Crippen molar-refractivity contribution in [2.24, 2.45) is 0 Å². The normalized spacial score (nSPS) is 20.8. The molecule has 136 valence electrons. The van der Waals surface area contributed by atoms with Gasteiger partial charge in [-0.25, -0.2) is 9.67 Å². The molecule has 8 nitrogen and oxygen atoms in total. The van der Waals surface area contributed by atoms with E-state index in [-0.39, 0.29) is 11.6 Å². The van der Waals surface area contributed by atoms with Crippen LogP contribution in [0.2, 0.25) is 0 Å². The van der Waals surface area contributed by atoms with Crippen molar-refractivity contribution in [2.75, 3.05) is 18.0 Å². The van der Waals surface area contributed by atoms with Crippen molar-refractivity contribution in [2.45, 2.75) is 38.3 Å². The average molecular weight is 354 g/mol. The number of fused-ring (bicyclic) bond motifs is 1. The average Bonchev–Trinajstić information content (AvgIpc) is 3.13. The van der Waals surface area contributed by atoms with E-state index < -0.39 is 5.60 Å². The van der Waals surface area contributed by atoms with E-state index in [2.05, 4.69) is 15.3 Å². The van der Waals surface area contributed by atoms with Crippen molar-refractivity contribution in [1.82, 2.24) is 24.4 Å². The van der Waals surface area contributed by atoms with E-state index >= 15 is 0 Å². The first-order valence-electron chi connectivity index (χ1n) is 8.84. The third kappa shape index (κ3) is 2.86. The summed E-state index contributed by atoms with van der Waals surface area (Å²) in [5.41, 5.74) is -0.0803. The van der Waals surface area contributed by atoms with Crippen molar-refractivity contribution >= 4 is 11.5 Å². The lowest BCUT2D eigenvalue weighted by atomic mass is 9.90. The molecule has 0 aliphatic carbocycles. The van der Waals surface area contributed by atoms with Gasteiger partial charge in [-0.2, -0.15) is 0 Å². The van der Waals surface area contributed by atoms with Crippen molar-refractivity contribution in [3.8, 4) is 0 Å². The molecule has 26 heavy (non-hydrogen) atoms. The summed E-state index contributed by atoms with van der Waals surface area (Å²) >= 11 is 0. The molecule has 8 heteroatoms. The number of aliphatic hydroxyl groups is 1. The Morgan fingerprint density at radius 3 is 2.92 bits per heavy atom. The van der Waals surface area contributed by atoms with Gasteiger partial charge in [0.05, 0.1) is 12.7 Å². The third-order valence-corrected chi connectivity index (χ3v) is 4.87. The van der Waals surface area contributed by atoms with Gasteiger partial charge in [0.15, 0.2) is 0 Å². The SMILES string of the molecule is CC(C)n1cc([C@]2(O)CCCN(c3cc(=O)n4ccccc4n3)C2)nn1. The molecule has 0 aromatic carbocycles. The molecular formula is C18H22N6O2. The van der Waals surface area contributed by atoms with Crippen LogP contribution < -0.4 is 10.5 Å². The Bertz CT molecular complexity index is 995. The first-order chi connectivity index (χ1) is 12.5. The number of aromatic nitrogens is 5. The monoisotopic (exact) mass is 354 g/mol. The standard InChI is InChI=1S/C18H22N6O2/c1-13(2)24-11-14(20-21-24)18(26)7-5-8-22(12-18)16-10-17(25)23-9-4-3-6-15(23)19-16/h3-4,6,9-11,13,26H,5,7-8,12H2,1-2H3/t18-/m0/s1. The van der Waals surface area contributed by atoms with Crippen molar-refractivity contribution in [3.63, 3.8) is 0 Å². The Morgan fingerprint density at radius 2 is 2.15 bits per heavy atom. The van der Waals surface area contributed by atoms with E-state index in [1.54, 1.807) is 29.2 Å². The summed E-state index contributed by atoms with van der Waals surface area (Å²) in [4.78, 5) is 18.9. The lowest BCUT2D eigenvalue weighted by molar-refractivity contribution is 0.0174. The van der Waals surface area contributed by atoms with Gasteiger partial charge in [-0.15, -0.1) is 5.10 Å². The molecule has 0 radical (unpaired) electrons. The molecule has 0 spiro atoms. The van der Waals surface area contributed by atoms with Gasteiger partial charge < -0.3 is 10.0 Å². The Balaban J connectivity index is 1.67. The zero-order valence-corrected chi connectivity index (χ0v) is 14.9. The minimum Gasteiger partial charge on any atom is -0.382 e. The molecule has 1 N–H and O–H groups in total. The predicted octanol–water partition coefficient (Wildman–Crippen LogP) is 1.35. The molecule has 4 rings (SSSR count). The van der Waals surface area contributed by atoms with Crippen molar-refractivity contribution in [1.29, 1.82) is 0 Å². The number of hydrogen-bond donors (Lipinski definition) is 1. The van der Waals surface area contributed by atoms with Gasteiger partial charge in [0.2, 0.25) is 0 Å². The van der Waals surface area contributed by atoms with Crippen molar-refractivity contribution in [3.05, 3.63) is 52.7 Å². The Hall–Kier alpha value is -2.74. The summed E-state index contributed by atoms with van der Waals surface area (Å²) in [6.07, 6.45) is 4.88. The highest BCUT2D eigenvalue weighted by Gasteiger charge is 2.38. The van der Waals surface area contributed by atoms with Crippen LogP contribution in [-0.4, -0.2) is 42.6 Å². The van der Waals surface area contributed by atoms with Gasteiger partial charge in [-0.3, -0.25) is 9.20 Å². The molecule has 1 atom stereocenters. The van der Waals surface area contributed by atoms with Gasteiger partial charge in [-0.05, 0) is 38.8 Å². The molecule has 0 amide bonds. The number of piperidine rings is 1. The first-order valence-corrected chi connectivity index (χ1v) is 8.84. The number of rotatable bonds is 3. The van der Waals surface area contributed by atoms with E-state index in [1.807, 2.05) is 24.8 Å². The smallest absolute Gasteiger partial charge is 0.259 e. The maximum atomic E-state index is 12.4. The molecule has 1 aliphatic rings. The fourth-order valence-electron chi connectivity index (χ4n) is 3.39.